The molecular formula is C17H26N2O2. The summed E-state index contributed by atoms with van der Waals surface area (Å²) in [4.78, 5) is 16.1. The molecule has 1 heterocycles. The third-order valence-electron chi connectivity index (χ3n) is 4.03. The summed E-state index contributed by atoms with van der Waals surface area (Å²) in [5.41, 5.74) is 0. The van der Waals surface area contributed by atoms with Gasteiger partial charge in [-0.05, 0) is 26.0 Å². The first-order valence-corrected chi connectivity index (χ1v) is 7.73. The minimum absolute atomic E-state index is 0.158. The Morgan fingerprint density at radius 2 is 1.95 bits per heavy atom. The van der Waals surface area contributed by atoms with Crippen molar-refractivity contribution in [2.45, 2.75) is 26.8 Å². The lowest BCUT2D eigenvalue weighted by atomic mass is 10.1. The zero-order valence-electron chi connectivity index (χ0n) is 13.3. The topological polar surface area (TPSA) is 32.8 Å². The fourth-order valence-corrected chi connectivity index (χ4v) is 2.72. The Kier molecular flexibility index (Phi) is 5.62. The molecule has 0 spiro atoms. The second-order valence-electron chi connectivity index (χ2n) is 6.04. The van der Waals surface area contributed by atoms with Crippen LogP contribution in [0.25, 0.3) is 0 Å². The number of carbonyl (C=O) groups excluding carboxylic acids is 1. The maximum Gasteiger partial charge on any atom is 0.219 e. The van der Waals surface area contributed by atoms with Crippen molar-refractivity contribution in [1.82, 2.24) is 9.80 Å². The summed E-state index contributed by atoms with van der Waals surface area (Å²) < 4.78 is 5.89. The molecule has 1 aliphatic heterocycles. The van der Waals surface area contributed by atoms with Crippen LogP contribution >= 0.6 is 0 Å². The van der Waals surface area contributed by atoms with Crippen LogP contribution in [-0.2, 0) is 4.79 Å². The number of hydrogen-bond donors (Lipinski definition) is 0. The highest BCUT2D eigenvalue weighted by molar-refractivity contribution is 5.73. The van der Waals surface area contributed by atoms with Gasteiger partial charge in [-0.15, -0.1) is 0 Å². The summed E-state index contributed by atoms with van der Waals surface area (Å²) in [5, 5.41) is 0. The zero-order valence-corrected chi connectivity index (χ0v) is 13.3. The van der Waals surface area contributed by atoms with Crippen LogP contribution in [0, 0.1) is 5.92 Å². The van der Waals surface area contributed by atoms with Gasteiger partial charge in [-0.25, -0.2) is 0 Å². The Labute approximate surface area is 127 Å². The Hall–Kier alpha value is -1.55. The third kappa shape index (κ3) is 4.74. The second-order valence-corrected chi connectivity index (χ2v) is 6.04. The number of benzene rings is 1. The van der Waals surface area contributed by atoms with Crippen molar-refractivity contribution in [1.29, 1.82) is 0 Å². The average Bonchev–Trinajstić information content (AvgIpc) is 2.69. The summed E-state index contributed by atoms with van der Waals surface area (Å²) in [7, 11) is 0. The van der Waals surface area contributed by atoms with E-state index in [-0.39, 0.29) is 5.91 Å². The molecular weight excluding hydrogens is 264 g/mol. The number of para-hydroxylation sites is 1. The standard InChI is InChI=1S/C17H26N2O2/c1-14(2)18-9-10-19(15(3)20)12-16(11-18)13-21-17-7-5-4-6-8-17/h4-8,14,16H,9-13H2,1-3H3/t16-/m0/s1. The number of hydrogen-bond acceptors (Lipinski definition) is 3. The van der Waals surface area contributed by atoms with Gasteiger partial charge in [0, 0.05) is 45.1 Å². The van der Waals surface area contributed by atoms with Crippen molar-refractivity contribution in [2.75, 3.05) is 32.8 Å². The highest BCUT2D eigenvalue weighted by Crippen LogP contribution is 2.15. The summed E-state index contributed by atoms with van der Waals surface area (Å²) in [6, 6.07) is 10.4. The van der Waals surface area contributed by atoms with Gasteiger partial charge in [-0.1, -0.05) is 18.2 Å². The first-order chi connectivity index (χ1) is 10.1. The van der Waals surface area contributed by atoms with E-state index in [1.165, 1.54) is 0 Å². The molecule has 1 aromatic rings. The van der Waals surface area contributed by atoms with Gasteiger partial charge in [0.1, 0.15) is 5.75 Å². The molecule has 0 aromatic heterocycles. The Morgan fingerprint density at radius 1 is 1.24 bits per heavy atom. The largest absolute Gasteiger partial charge is 0.493 e. The van der Waals surface area contributed by atoms with E-state index in [0.29, 0.717) is 18.6 Å². The monoisotopic (exact) mass is 290 g/mol. The van der Waals surface area contributed by atoms with Crippen molar-refractivity contribution in [3.63, 3.8) is 0 Å². The van der Waals surface area contributed by atoms with Gasteiger partial charge in [0.2, 0.25) is 5.91 Å². The van der Waals surface area contributed by atoms with Crippen LogP contribution in [0.4, 0.5) is 0 Å². The van der Waals surface area contributed by atoms with E-state index in [4.69, 9.17) is 4.74 Å². The Morgan fingerprint density at radius 3 is 2.57 bits per heavy atom. The van der Waals surface area contributed by atoms with Crippen LogP contribution < -0.4 is 4.74 Å². The number of carbonyl (C=O) groups is 1. The van der Waals surface area contributed by atoms with Gasteiger partial charge >= 0.3 is 0 Å². The van der Waals surface area contributed by atoms with Gasteiger partial charge in [0.15, 0.2) is 0 Å². The third-order valence-corrected chi connectivity index (χ3v) is 4.03. The molecule has 1 fully saturated rings. The van der Waals surface area contributed by atoms with E-state index in [1.54, 1.807) is 6.92 Å². The van der Waals surface area contributed by atoms with Crippen molar-refractivity contribution >= 4 is 5.91 Å². The predicted octanol–water partition coefficient (Wildman–Crippen LogP) is 2.25. The highest BCUT2D eigenvalue weighted by atomic mass is 16.5. The molecule has 4 heteroatoms. The molecule has 2 rings (SSSR count). The molecule has 21 heavy (non-hydrogen) atoms. The summed E-state index contributed by atoms with van der Waals surface area (Å²) in [6.07, 6.45) is 0. The lowest BCUT2D eigenvalue weighted by molar-refractivity contribution is -0.129. The SMILES string of the molecule is CC(=O)N1CCN(C(C)C)C[C@H](COc2ccccc2)C1. The van der Waals surface area contributed by atoms with Gasteiger partial charge in [0.25, 0.3) is 0 Å². The first-order valence-electron chi connectivity index (χ1n) is 7.73. The molecule has 0 radical (unpaired) electrons. The minimum Gasteiger partial charge on any atom is -0.493 e. The van der Waals surface area contributed by atoms with Gasteiger partial charge in [0.05, 0.1) is 6.61 Å². The predicted molar refractivity (Wildman–Crippen MR) is 84.4 cm³/mol. The average molecular weight is 290 g/mol. The summed E-state index contributed by atoms with van der Waals surface area (Å²) >= 11 is 0. The molecule has 0 aliphatic carbocycles. The number of ether oxygens (including phenoxy) is 1. The van der Waals surface area contributed by atoms with E-state index in [0.717, 1.165) is 31.9 Å². The molecule has 0 unspecified atom stereocenters. The summed E-state index contributed by atoms with van der Waals surface area (Å²) in [6.45, 7) is 10.2. The van der Waals surface area contributed by atoms with Crippen molar-refractivity contribution in [2.24, 2.45) is 5.92 Å². The molecule has 0 saturated carbocycles. The maximum absolute atomic E-state index is 11.7. The molecule has 0 N–H and O–H groups in total. The second kappa shape index (κ2) is 7.46. The van der Waals surface area contributed by atoms with Crippen LogP contribution in [0.5, 0.6) is 5.75 Å². The number of amides is 1. The van der Waals surface area contributed by atoms with Crippen molar-refractivity contribution in [3.8, 4) is 5.75 Å². The summed E-state index contributed by atoms with van der Waals surface area (Å²) in [5.74, 6) is 1.40. The van der Waals surface area contributed by atoms with Crippen LogP contribution in [0.15, 0.2) is 30.3 Å². The Balaban J connectivity index is 1.98. The lowest BCUT2D eigenvalue weighted by Crippen LogP contribution is -2.37. The van der Waals surface area contributed by atoms with Crippen molar-refractivity contribution in [3.05, 3.63) is 30.3 Å². The molecule has 1 aliphatic rings. The van der Waals surface area contributed by atoms with Gasteiger partial charge < -0.3 is 9.64 Å². The Bertz CT molecular complexity index is 447. The maximum atomic E-state index is 11.7. The fraction of sp³-hybridized carbons (Fsp3) is 0.588. The van der Waals surface area contributed by atoms with Gasteiger partial charge in [-0.3, -0.25) is 9.69 Å². The van der Waals surface area contributed by atoms with Crippen LogP contribution in [0.1, 0.15) is 20.8 Å². The van der Waals surface area contributed by atoms with E-state index in [1.807, 2.05) is 35.2 Å². The minimum atomic E-state index is 0.158. The normalized spacial score (nSPS) is 20.4. The molecule has 1 atom stereocenters. The van der Waals surface area contributed by atoms with Crippen LogP contribution in [0.3, 0.4) is 0 Å². The molecule has 1 amide bonds. The molecule has 4 nitrogen and oxygen atoms in total. The quantitative estimate of drug-likeness (QED) is 0.852. The van der Waals surface area contributed by atoms with Crippen molar-refractivity contribution < 1.29 is 9.53 Å². The van der Waals surface area contributed by atoms with E-state index >= 15 is 0 Å². The lowest BCUT2D eigenvalue weighted by Gasteiger charge is -2.27. The zero-order chi connectivity index (χ0) is 15.2. The molecule has 1 aromatic carbocycles. The van der Waals surface area contributed by atoms with Crippen LogP contribution in [-0.4, -0.2) is 54.5 Å². The number of rotatable bonds is 4. The number of nitrogens with zero attached hydrogens (tertiary/aromatic N) is 2. The van der Waals surface area contributed by atoms with E-state index in [9.17, 15) is 4.79 Å². The van der Waals surface area contributed by atoms with Gasteiger partial charge in [-0.2, -0.15) is 0 Å². The molecule has 1 saturated heterocycles. The van der Waals surface area contributed by atoms with E-state index < -0.39 is 0 Å². The molecule has 116 valence electrons. The van der Waals surface area contributed by atoms with E-state index in [2.05, 4.69) is 18.7 Å². The smallest absolute Gasteiger partial charge is 0.219 e. The highest BCUT2D eigenvalue weighted by Gasteiger charge is 2.25. The fourth-order valence-electron chi connectivity index (χ4n) is 2.72. The first kappa shape index (κ1) is 15.8. The van der Waals surface area contributed by atoms with Crippen LogP contribution in [0.2, 0.25) is 0 Å². The molecule has 0 bridgehead atoms.